The lowest BCUT2D eigenvalue weighted by molar-refractivity contribution is -0.127. The standard InChI is InChI=1S/C18H29N3O3/c1-15(24-17-7-5-16(23-3)6-8-17)18(22)19-9-4-10-21-13-11-20(2)12-14-21/h5-8,15H,4,9-14H2,1-3H3,(H,19,22)/t15-/m0/s1. The van der Waals surface area contributed by atoms with Crippen molar-refractivity contribution in [3.8, 4) is 11.5 Å². The Morgan fingerprint density at radius 1 is 1.17 bits per heavy atom. The number of carbonyl (C=O) groups excluding carboxylic acids is 1. The molecule has 0 unspecified atom stereocenters. The van der Waals surface area contributed by atoms with E-state index >= 15 is 0 Å². The Morgan fingerprint density at radius 3 is 2.42 bits per heavy atom. The third-order valence-electron chi connectivity index (χ3n) is 4.29. The number of rotatable bonds is 8. The highest BCUT2D eigenvalue weighted by Gasteiger charge is 2.15. The molecule has 0 saturated carbocycles. The number of methoxy groups -OCH3 is 1. The molecule has 0 aliphatic carbocycles. The number of ether oxygens (including phenoxy) is 2. The van der Waals surface area contributed by atoms with E-state index in [1.165, 1.54) is 0 Å². The van der Waals surface area contributed by atoms with Gasteiger partial charge in [-0.25, -0.2) is 0 Å². The molecule has 1 aromatic carbocycles. The van der Waals surface area contributed by atoms with E-state index in [0.29, 0.717) is 12.3 Å². The van der Waals surface area contributed by atoms with E-state index in [1.54, 1.807) is 26.2 Å². The first-order valence-corrected chi connectivity index (χ1v) is 8.58. The molecule has 1 heterocycles. The van der Waals surface area contributed by atoms with E-state index in [9.17, 15) is 4.79 Å². The second-order valence-corrected chi connectivity index (χ2v) is 6.23. The summed E-state index contributed by atoms with van der Waals surface area (Å²) >= 11 is 0. The molecule has 6 nitrogen and oxygen atoms in total. The van der Waals surface area contributed by atoms with E-state index in [2.05, 4.69) is 22.2 Å². The van der Waals surface area contributed by atoms with Gasteiger partial charge in [0.25, 0.3) is 5.91 Å². The molecule has 0 radical (unpaired) electrons. The molecule has 1 aliphatic heterocycles. The van der Waals surface area contributed by atoms with E-state index in [0.717, 1.165) is 44.9 Å². The van der Waals surface area contributed by atoms with Gasteiger partial charge in [0.05, 0.1) is 7.11 Å². The van der Waals surface area contributed by atoms with Crippen LogP contribution in [0.15, 0.2) is 24.3 Å². The van der Waals surface area contributed by atoms with Crippen LogP contribution in [0.1, 0.15) is 13.3 Å². The number of likely N-dealkylation sites (N-methyl/N-ethyl adjacent to an activating group) is 1. The van der Waals surface area contributed by atoms with Crippen LogP contribution < -0.4 is 14.8 Å². The topological polar surface area (TPSA) is 54.0 Å². The van der Waals surface area contributed by atoms with Crippen molar-refractivity contribution in [2.75, 3.05) is 53.4 Å². The Balaban J connectivity index is 1.62. The van der Waals surface area contributed by atoms with Crippen molar-refractivity contribution in [1.29, 1.82) is 0 Å². The lowest BCUT2D eigenvalue weighted by atomic mass is 10.3. The first-order chi connectivity index (χ1) is 11.6. The van der Waals surface area contributed by atoms with Crippen LogP contribution >= 0.6 is 0 Å². The minimum absolute atomic E-state index is 0.0794. The fraction of sp³-hybridized carbons (Fsp3) is 0.611. The van der Waals surface area contributed by atoms with Gasteiger partial charge in [-0.05, 0) is 51.2 Å². The zero-order valence-electron chi connectivity index (χ0n) is 15.0. The molecule has 1 saturated heterocycles. The average Bonchev–Trinajstić information content (AvgIpc) is 2.60. The van der Waals surface area contributed by atoms with Gasteiger partial charge in [0.1, 0.15) is 11.5 Å². The van der Waals surface area contributed by atoms with Crippen LogP contribution in [-0.2, 0) is 4.79 Å². The lowest BCUT2D eigenvalue weighted by Gasteiger charge is -2.32. The van der Waals surface area contributed by atoms with Crippen LogP contribution in [0.3, 0.4) is 0 Å². The molecule has 1 atom stereocenters. The number of amides is 1. The maximum Gasteiger partial charge on any atom is 0.260 e. The number of nitrogens with one attached hydrogen (secondary N) is 1. The summed E-state index contributed by atoms with van der Waals surface area (Å²) in [6.07, 6.45) is 0.451. The normalized spacial score (nSPS) is 17.3. The van der Waals surface area contributed by atoms with Crippen molar-refractivity contribution in [2.24, 2.45) is 0 Å². The van der Waals surface area contributed by atoms with E-state index in [-0.39, 0.29) is 5.91 Å². The van der Waals surface area contributed by atoms with Gasteiger partial charge >= 0.3 is 0 Å². The maximum atomic E-state index is 12.1. The molecule has 134 valence electrons. The predicted molar refractivity (Wildman–Crippen MR) is 94.6 cm³/mol. The van der Waals surface area contributed by atoms with E-state index in [4.69, 9.17) is 9.47 Å². The molecule has 2 rings (SSSR count). The van der Waals surface area contributed by atoms with Gasteiger partial charge in [-0.1, -0.05) is 0 Å². The number of hydrogen-bond donors (Lipinski definition) is 1. The SMILES string of the molecule is COc1ccc(O[C@@H](C)C(=O)NCCCN2CCN(C)CC2)cc1. The smallest absolute Gasteiger partial charge is 0.260 e. The van der Waals surface area contributed by atoms with Crippen molar-refractivity contribution in [2.45, 2.75) is 19.4 Å². The lowest BCUT2D eigenvalue weighted by Crippen LogP contribution is -2.45. The quantitative estimate of drug-likeness (QED) is 0.724. The fourth-order valence-corrected chi connectivity index (χ4v) is 2.64. The molecule has 1 aromatic rings. The summed E-state index contributed by atoms with van der Waals surface area (Å²) in [6, 6.07) is 7.23. The summed E-state index contributed by atoms with van der Waals surface area (Å²) in [5.74, 6) is 1.35. The Bertz CT molecular complexity index is 499. The van der Waals surface area contributed by atoms with E-state index in [1.807, 2.05) is 12.1 Å². The summed E-state index contributed by atoms with van der Waals surface area (Å²) in [5.41, 5.74) is 0. The Kier molecular flexibility index (Phi) is 7.34. The third-order valence-corrected chi connectivity index (χ3v) is 4.29. The monoisotopic (exact) mass is 335 g/mol. The van der Waals surface area contributed by atoms with Gasteiger partial charge in [0, 0.05) is 32.7 Å². The van der Waals surface area contributed by atoms with Gasteiger partial charge < -0.3 is 24.6 Å². The van der Waals surface area contributed by atoms with Gasteiger partial charge in [-0.15, -0.1) is 0 Å². The summed E-state index contributed by atoms with van der Waals surface area (Å²) < 4.78 is 10.8. The molecule has 6 heteroatoms. The maximum absolute atomic E-state index is 12.1. The minimum Gasteiger partial charge on any atom is -0.497 e. The largest absolute Gasteiger partial charge is 0.497 e. The molecule has 1 aliphatic rings. The Labute approximate surface area is 144 Å². The van der Waals surface area contributed by atoms with Crippen molar-refractivity contribution < 1.29 is 14.3 Å². The van der Waals surface area contributed by atoms with Crippen LogP contribution in [0.2, 0.25) is 0 Å². The first kappa shape index (κ1) is 18.5. The van der Waals surface area contributed by atoms with Crippen LogP contribution in [0, 0.1) is 0 Å². The fourth-order valence-electron chi connectivity index (χ4n) is 2.64. The van der Waals surface area contributed by atoms with E-state index < -0.39 is 6.10 Å². The Morgan fingerprint density at radius 2 is 1.79 bits per heavy atom. The molecular formula is C18H29N3O3. The summed E-state index contributed by atoms with van der Waals surface area (Å²) in [4.78, 5) is 16.9. The van der Waals surface area contributed by atoms with Crippen LogP contribution in [-0.4, -0.2) is 75.2 Å². The molecule has 0 bridgehead atoms. The van der Waals surface area contributed by atoms with Crippen LogP contribution in [0.5, 0.6) is 11.5 Å². The molecule has 1 N–H and O–H groups in total. The number of piperazine rings is 1. The molecule has 24 heavy (non-hydrogen) atoms. The molecule has 0 aromatic heterocycles. The number of nitrogens with zero attached hydrogens (tertiary/aromatic N) is 2. The highest BCUT2D eigenvalue weighted by molar-refractivity contribution is 5.80. The van der Waals surface area contributed by atoms with Gasteiger partial charge in [0.15, 0.2) is 6.10 Å². The first-order valence-electron chi connectivity index (χ1n) is 8.58. The Hall–Kier alpha value is -1.79. The second kappa shape index (κ2) is 9.49. The van der Waals surface area contributed by atoms with Crippen LogP contribution in [0.4, 0.5) is 0 Å². The van der Waals surface area contributed by atoms with Gasteiger partial charge in [0.2, 0.25) is 0 Å². The molecule has 0 spiro atoms. The highest BCUT2D eigenvalue weighted by atomic mass is 16.5. The zero-order valence-corrected chi connectivity index (χ0v) is 15.0. The average molecular weight is 335 g/mol. The van der Waals surface area contributed by atoms with Crippen molar-refractivity contribution in [1.82, 2.24) is 15.1 Å². The summed E-state index contributed by atoms with van der Waals surface area (Å²) in [7, 11) is 3.77. The molecule has 1 amide bonds. The van der Waals surface area contributed by atoms with Gasteiger partial charge in [-0.2, -0.15) is 0 Å². The zero-order chi connectivity index (χ0) is 17.4. The summed E-state index contributed by atoms with van der Waals surface area (Å²) in [5, 5.41) is 2.95. The number of hydrogen-bond acceptors (Lipinski definition) is 5. The van der Waals surface area contributed by atoms with Crippen molar-refractivity contribution in [3.05, 3.63) is 24.3 Å². The third kappa shape index (κ3) is 6.02. The predicted octanol–water partition coefficient (Wildman–Crippen LogP) is 1.22. The second-order valence-electron chi connectivity index (χ2n) is 6.23. The van der Waals surface area contributed by atoms with Crippen molar-refractivity contribution in [3.63, 3.8) is 0 Å². The van der Waals surface area contributed by atoms with Gasteiger partial charge in [-0.3, -0.25) is 4.79 Å². The number of carbonyl (C=O) groups is 1. The summed E-state index contributed by atoms with van der Waals surface area (Å²) in [6.45, 7) is 7.95. The van der Waals surface area contributed by atoms with Crippen molar-refractivity contribution >= 4 is 5.91 Å². The minimum atomic E-state index is -0.512. The molecular weight excluding hydrogens is 306 g/mol. The van der Waals surface area contributed by atoms with Crippen LogP contribution in [0.25, 0.3) is 0 Å². The highest BCUT2D eigenvalue weighted by Crippen LogP contribution is 2.18. The number of benzene rings is 1. The molecule has 1 fully saturated rings.